The van der Waals surface area contributed by atoms with E-state index in [1.165, 1.54) is 0 Å². The summed E-state index contributed by atoms with van der Waals surface area (Å²) in [6, 6.07) is 13.0. The maximum absolute atomic E-state index is 6.06. The molecule has 122 valence electrons. The van der Waals surface area contributed by atoms with E-state index in [2.05, 4.69) is 20.7 Å². The van der Waals surface area contributed by atoms with Crippen LogP contribution in [0.3, 0.4) is 0 Å². The van der Waals surface area contributed by atoms with E-state index in [0.717, 1.165) is 16.3 Å². The Bertz CT molecular complexity index is 899. The first-order chi connectivity index (χ1) is 11.7. The number of anilines is 1. The van der Waals surface area contributed by atoms with Crippen molar-refractivity contribution in [3.8, 4) is 11.5 Å². The molecule has 0 atom stereocenters. The second-order valence-corrected chi connectivity index (χ2v) is 5.22. The zero-order valence-electron chi connectivity index (χ0n) is 13.2. The predicted octanol–water partition coefficient (Wildman–Crippen LogP) is 3.75. The lowest BCUT2D eigenvalue weighted by atomic mass is 10.2. The Morgan fingerprint density at radius 1 is 1.04 bits per heavy atom. The molecule has 0 fully saturated rings. The van der Waals surface area contributed by atoms with Gasteiger partial charge in [0.25, 0.3) is 0 Å². The number of benzene rings is 2. The van der Waals surface area contributed by atoms with Gasteiger partial charge in [-0.25, -0.2) is 0 Å². The van der Waals surface area contributed by atoms with E-state index in [1.54, 1.807) is 20.4 Å². The van der Waals surface area contributed by atoms with Crippen LogP contribution in [-0.4, -0.2) is 30.6 Å². The van der Waals surface area contributed by atoms with Crippen LogP contribution in [0, 0.1) is 0 Å². The summed E-state index contributed by atoms with van der Waals surface area (Å²) >= 11 is 6.06. The van der Waals surface area contributed by atoms with Crippen LogP contribution >= 0.6 is 11.6 Å². The van der Waals surface area contributed by atoms with E-state index >= 15 is 0 Å². The lowest BCUT2D eigenvalue weighted by molar-refractivity contribution is 0.402. The molecule has 0 saturated heterocycles. The van der Waals surface area contributed by atoms with Crippen LogP contribution in [0.1, 0.15) is 5.56 Å². The summed E-state index contributed by atoms with van der Waals surface area (Å²) in [6.45, 7) is 0. The molecule has 6 nitrogen and oxygen atoms in total. The maximum Gasteiger partial charge on any atom is 0.176 e. The van der Waals surface area contributed by atoms with E-state index in [0.29, 0.717) is 22.5 Å². The average molecular weight is 343 g/mol. The third kappa shape index (κ3) is 3.23. The van der Waals surface area contributed by atoms with Gasteiger partial charge in [0, 0.05) is 16.3 Å². The lowest BCUT2D eigenvalue weighted by Crippen LogP contribution is -1.98. The summed E-state index contributed by atoms with van der Waals surface area (Å²) in [5, 5.41) is 14.2. The minimum Gasteiger partial charge on any atom is -0.497 e. The monoisotopic (exact) mass is 342 g/mol. The number of fused-ring (bicyclic) bond motifs is 1. The highest BCUT2D eigenvalue weighted by atomic mass is 35.5. The van der Waals surface area contributed by atoms with Crippen molar-refractivity contribution in [2.45, 2.75) is 0 Å². The number of ether oxygens (including phenoxy) is 2. The quantitative estimate of drug-likeness (QED) is 0.565. The fourth-order valence-corrected chi connectivity index (χ4v) is 2.46. The largest absolute Gasteiger partial charge is 0.497 e. The molecule has 0 saturated carbocycles. The van der Waals surface area contributed by atoms with Crippen LogP contribution in [-0.2, 0) is 0 Å². The molecule has 0 radical (unpaired) electrons. The van der Waals surface area contributed by atoms with Crippen molar-refractivity contribution in [2.24, 2.45) is 5.10 Å². The van der Waals surface area contributed by atoms with Gasteiger partial charge >= 0.3 is 0 Å². The normalized spacial score (nSPS) is 11.0. The molecule has 3 rings (SSSR count). The third-order valence-electron chi connectivity index (χ3n) is 3.45. The summed E-state index contributed by atoms with van der Waals surface area (Å²) < 4.78 is 10.5. The maximum atomic E-state index is 6.06. The van der Waals surface area contributed by atoms with E-state index < -0.39 is 0 Å². The van der Waals surface area contributed by atoms with Crippen molar-refractivity contribution in [3.63, 3.8) is 0 Å². The molecule has 0 unspecified atom stereocenters. The predicted molar refractivity (Wildman–Crippen MR) is 95.3 cm³/mol. The molecule has 0 aliphatic rings. The first kappa shape index (κ1) is 16.0. The molecule has 1 heterocycles. The number of methoxy groups -OCH3 is 2. The van der Waals surface area contributed by atoms with Gasteiger partial charge in [0.05, 0.1) is 20.4 Å². The SMILES string of the molecule is COc1ccc(OC)c(C=NNc2nnc(Cl)c3ccccc23)c1. The van der Waals surface area contributed by atoms with Crippen molar-refractivity contribution >= 4 is 34.4 Å². The molecule has 3 aromatic rings. The standard InChI is InChI=1S/C17H15ClN4O2/c1-23-12-7-8-15(24-2)11(9-12)10-19-21-17-14-6-4-3-5-13(14)16(18)20-22-17/h3-10H,1-2H3,(H,21,22). The highest BCUT2D eigenvalue weighted by Gasteiger charge is 2.07. The molecule has 2 aromatic carbocycles. The summed E-state index contributed by atoms with van der Waals surface area (Å²) in [4.78, 5) is 0. The van der Waals surface area contributed by atoms with E-state index in [1.807, 2.05) is 42.5 Å². The number of hydrazone groups is 1. The highest BCUT2D eigenvalue weighted by Crippen LogP contribution is 2.26. The summed E-state index contributed by atoms with van der Waals surface area (Å²) in [5.41, 5.74) is 3.67. The highest BCUT2D eigenvalue weighted by molar-refractivity contribution is 6.34. The van der Waals surface area contributed by atoms with Crippen LogP contribution in [0.4, 0.5) is 5.82 Å². The fourth-order valence-electron chi connectivity index (χ4n) is 2.26. The average Bonchev–Trinajstić information content (AvgIpc) is 2.63. The van der Waals surface area contributed by atoms with Crippen molar-refractivity contribution in [1.29, 1.82) is 0 Å². The molecular weight excluding hydrogens is 328 g/mol. The van der Waals surface area contributed by atoms with Crippen LogP contribution < -0.4 is 14.9 Å². The molecule has 0 bridgehead atoms. The van der Waals surface area contributed by atoms with E-state index in [-0.39, 0.29) is 0 Å². The Balaban J connectivity index is 1.89. The molecule has 7 heteroatoms. The van der Waals surface area contributed by atoms with Gasteiger partial charge in [0.15, 0.2) is 11.0 Å². The summed E-state index contributed by atoms with van der Waals surface area (Å²) in [5.74, 6) is 1.93. The van der Waals surface area contributed by atoms with Crippen LogP contribution in [0.25, 0.3) is 10.8 Å². The van der Waals surface area contributed by atoms with Gasteiger partial charge in [-0.05, 0) is 18.2 Å². The number of halogens is 1. The summed E-state index contributed by atoms with van der Waals surface area (Å²) in [6.07, 6.45) is 1.63. The number of aromatic nitrogens is 2. The van der Waals surface area contributed by atoms with Crippen molar-refractivity contribution in [3.05, 3.63) is 53.2 Å². The first-order valence-electron chi connectivity index (χ1n) is 7.15. The van der Waals surface area contributed by atoms with Crippen LogP contribution in [0.2, 0.25) is 5.15 Å². The zero-order chi connectivity index (χ0) is 16.9. The number of hydrogen-bond donors (Lipinski definition) is 1. The van der Waals surface area contributed by atoms with Gasteiger partial charge in [0.2, 0.25) is 0 Å². The molecule has 0 aliphatic carbocycles. The minimum absolute atomic E-state index is 0.356. The lowest BCUT2D eigenvalue weighted by Gasteiger charge is -2.07. The zero-order valence-corrected chi connectivity index (χ0v) is 13.9. The third-order valence-corrected chi connectivity index (χ3v) is 3.73. The summed E-state index contributed by atoms with van der Waals surface area (Å²) in [7, 11) is 3.21. The van der Waals surface area contributed by atoms with E-state index in [4.69, 9.17) is 21.1 Å². The molecule has 0 amide bonds. The van der Waals surface area contributed by atoms with Crippen LogP contribution in [0.5, 0.6) is 11.5 Å². The van der Waals surface area contributed by atoms with Crippen LogP contribution in [0.15, 0.2) is 47.6 Å². The molecule has 1 aromatic heterocycles. The second-order valence-electron chi connectivity index (χ2n) is 4.86. The molecule has 24 heavy (non-hydrogen) atoms. The van der Waals surface area contributed by atoms with Gasteiger partial charge in [-0.2, -0.15) is 5.10 Å². The molecular formula is C17H15ClN4O2. The topological polar surface area (TPSA) is 68.6 Å². The van der Waals surface area contributed by atoms with Gasteiger partial charge in [-0.1, -0.05) is 35.9 Å². The van der Waals surface area contributed by atoms with Crippen molar-refractivity contribution in [1.82, 2.24) is 10.2 Å². The van der Waals surface area contributed by atoms with Gasteiger partial charge in [-0.3, -0.25) is 5.43 Å². The Labute approximate surface area is 144 Å². The number of nitrogens with one attached hydrogen (secondary N) is 1. The molecule has 0 spiro atoms. The Morgan fingerprint density at radius 3 is 2.58 bits per heavy atom. The van der Waals surface area contributed by atoms with Gasteiger partial charge in [0.1, 0.15) is 11.5 Å². The smallest absolute Gasteiger partial charge is 0.176 e. The van der Waals surface area contributed by atoms with Crippen molar-refractivity contribution < 1.29 is 9.47 Å². The first-order valence-corrected chi connectivity index (χ1v) is 7.52. The number of hydrogen-bond acceptors (Lipinski definition) is 6. The Kier molecular flexibility index (Phi) is 4.77. The Morgan fingerprint density at radius 2 is 1.83 bits per heavy atom. The Hall–Kier alpha value is -2.86. The van der Waals surface area contributed by atoms with E-state index in [9.17, 15) is 0 Å². The van der Waals surface area contributed by atoms with Crippen molar-refractivity contribution in [2.75, 3.05) is 19.6 Å². The second kappa shape index (κ2) is 7.14. The number of rotatable bonds is 5. The number of nitrogens with zero attached hydrogens (tertiary/aromatic N) is 3. The minimum atomic E-state index is 0.356. The molecule has 0 aliphatic heterocycles. The van der Waals surface area contributed by atoms with Gasteiger partial charge in [-0.15, -0.1) is 10.2 Å². The fraction of sp³-hybridized carbons (Fsp3) is 0.118. The molecule has 1 N–H and O–H groups in total. The van der Waals surface area contributed by atoms with Gasteiger partial charge < -0.3 is 9.47 Å².